The Bertz CT molecular complexity index is 522. The third-order valence-electron chi connectivity index (χ3n) is 3.26. The first-order valence-electron chi connectivity index (χ1n) is 6.64. The molecule has 19 heavy (non-hydrogen) atoms. The summed E-state index contributed by atoms with van der Waals surface area (Å²) in [5.41, 5.74) is 2.54. The van der Waals surface area contributed by atoms with Crippen LogP contribution < -0.4 is 5.32 Å². The highest BCUT2D eigenvalue weighted by atomic mass is 35.5. The summed E-state index contributed by atoms with van der Waals surface area (Å²) < 4.78 is 1.96. The Balaban J connectivity index is 2.15. The van der Waals surface area contributed by atoms with Gasteiger partial charge in [0, 0.05) is 30.2 Å². The van der Waals surface area contributed by atoms with Crippen LogP contribution in [0, 0.1) is 0 Å². The Morgan fingerprint density at radius 1 is 1.42 bits per heavy atom. The summed E-state index contributed by atoms with van der Waals surface area (Å²) in [6.07, 6.45) is 5.05. The zero-order valence-corrected chi connectivity index (χ0v) is 12.2. The van der Waals surface area contributed by atoms with Crippen molar-refractivity contribution in [2.24, 2.45) is 0 Å². The van der Waals surface area contributed by atoms with E-state index in [9.17, 15) is 0 Å². The van der Waals surface area contributed by atoms with Crippen LogP contribution in [-0.4, -0.2) is 23.4 Å². The molecule has 0 aliphatic heterocycles. The molecule has 2 aromatic rings. The molecule has 0 saturated heterocycles. The summed E-state index contributed by atoms with van der Waals surface area (Å²) in [4.78, 5) is 0. The monoisotopic (exact) mass is 277 g/mol. The SMILES string of the molecule is CCn1cc(CC(CNC)c2cccc(Cl)c2)cn1. The number of hydrogen-bond donors (Lipinski definition) is 1. The van der Waals surface area contributed by atoms with Crippen LogP contribution in [0.1, 0.15) is 24.0 Å². The number of aromatic nitrogens is 2. The van der Waals surface area contributed by atoms with Crippen LogP contribution in [-0.2, 0) is 13.0 Å². The predicted molar refractivity (Wildman–Crippen MR) is 79.7 cm³/mol. The van der Waals surface area contributed by atoms with Crippen molar-refractivity contribution in [1.29, 1.82) is 0 Å². The number of benzene rings is 1. The van der Waals surface area contributed by atoms with Crippen molar-refractivity contribution < 1.29 is 0 Å². The van der Waals surface area contributed by atoms with Gasteiger partial charge in [0.05, 0.1) is 6.20 Å². The van der Waals surface area contributed by atoms with E-state index in [2.05, 4.69) is 29.6 Å². The lowest BCUT2D eigenvalue weighted by Gasteiger charge is -2.16. The van der Waals surface area contributed by atoms with Crippen molar-refractivity contribution in [1.82, 2.24) is 15.1 Å². The molecule has 4 heteroatoms. The summed E-state index contributed by atoms with van der Waals surface area (Å²) in [5, 5.41) is 8.38. The van der Waals surface area contributed by atoms with Crippen LogP contribution >= 0.6 is 11.6 Å². The fourth-order valence-electron chi connectivity index (χ4n) is 2.28. The number of nitrogens with zero attached hydrogens (tertiary/aromatic N) is 2. The quantitative estimate of drug-likeness (QED) is 0.879. The molecule has 1 heterocycles. The van der Waals surface area contributed by atoms with Gasteiger partial charge in [-0.2, -0.15) is 5.10 Å². The molecular weight excluding hydrogens is 258 g/mol. The number of likely N-dealkylation sites (N-methyl/N-ethyl adjacent to an activating group) is 1. The van der Waals surface area contributed by atoms with E-state index < -0.39 is 0 Å². The molecule has 0 amide bonds. The Morgan fingerprint density at radius 3 is 2.89 bits per heavy atom. The van der Waals surface area contributed by atoms with E-state index in [1.807, 2.05) is 36.1 Å². The number of hydrogen-bond acceptors (Lipinski definition) is 2. The van der Waals surface area contributed by atoms with Crippen LogP contribution in [0.25, 0.3) is 0 Å². The van der Waals surface area contributed by atoms with Crippen molar-refractivity contribution in [2.45, 2.75) is 25.8 Å². The molecule has 0 radical (unpaired) electrons. The minimum atomic E-state index is 0.415. The van der Waals surface area contributed by atoms with Gasteiger partial charge in [0.15, 0.2) is 0 Å². The van der Waals surface area contributed by atoms with Gasteiger partial charge < -0.3 is 5.32 Å². The molecule has 102 valence electrons. The van der Waals surface area contributed by atoms with Gasteiger partial charge in [-0.3, -0.25) is 4.68 Å². The number of halogens is 1. The van der Waals surface area contributed by atoms with E-state index in [1.54, 1.807) is 0 Å². The lowest BCUT2D eigenvalue weighted by molar-refractivity contribution is 0.623. The average Bonchev–Trinajstić information content (AvgIpc) is 2.86. The molecule has 0 saturated carbocycles. The molecular formula is C15H20ClN3. The summed E-state index contributed by atoms with van der Waals surface area (Å²) >= 11 is 6.08. The Labute approximate surface area is 119 Å². The second-order valence-corrected chi connectivity index (χ2v) is 5.15. The average molecular weight is 278 g/mol. The van der Waals surface area contributed by atoms with Gasteiger partial charge in [0.25, 0.3) is 0 Å². The first-order valence-corrected chi connectivity index (χ1v) is 7.02. The molecule has 0 fully saturated rings. The molecule has 0 bridgehead atoms. The highest BCUT2D eigenvalue weighted by Crippen LogP contribution is 2.23. The van der Waals surface area contributed by atoms with E-state index in [0.29, 0.717) is 5.92 Å². The maximum atomic E-state index is 6.08. The summed E-state index contributed by atoms with van der Waals surface area (Å²) in [6, 6.07) is 8.11. The normalized spacial score (nSPS) is 12.6. The van der Waals surface area contributed by atoms with Gasteiger partial charge in [-0.05, 0) is 43.7 Å². The van der Waals surface area contributed by atoms with Gasteiger partial charge in [-0.25, -0.2) is 0 Å². The number of rotatable bonds is 6. The lowest BCUT2D eigenvalue weighted by atomic mass is 9.93. The molecule has 0 aliphatic carbocycles. The fraction of sp³-hybridized carbons (Fsp3) is 0.400. The highest BCUT2D eigenvalue weighted by Gasteiger charge is 2.13. The van der Waals surface area contributed by atoms with Crippen LogP contribution in [0.15, 0.2) is 36.7 Å². The minimum Gasteiger partial charge on any atom is -0.319 e. The standard InChI is InChI=1S/C15H20ClN3/c1-3-19-11-12(9-18-19)7-14(10-17-2)13-5-4-6-15(16)8-13/h4-6,8-9,11,14,17H,3,7,10H2,1-2H3. The fourth-order valence-corrected chi connectivity index (χ4v) is 2.48. The number of aryl methyl sites for hydroxylation is 1. The van der Waals surface area contributed by atoms with E-state index in [0.717, 1.165) is 24.5 Å². The number of nitrogens with one attached hydrogen (secondary N) is 1. The maximum Gasteiger partial charge on any atom is 0.0521 e. The summed E-state index contributed by atoms with van der Waals surface area (Å²) in [6.45, 7) is 3.93. The van der Waals surface area contributed by atoms with Crippen LogP contribution in [0.3, 0.4) is 0 Å². The Morgan fingerprint density at radius 2 is 2.26 bits per heavy atom. The predicted octanol–water partition coefficient (Wildman–Crippen LogP) is 3.10. The van der Waals surface area contributed by atoms with E-state index in [1.165, 1.54) is 11.1 Å². The van der Waals surface area contributed by atoms with Gasteiger partial charge in [0.2, 0.25) is 0 Å². The molecule has 2 rings (SSSR count). The van der Waals surface area contributed by atoms with Crippen LogP contribution in [0.4, 0.5) is 0 Å². The summed E-state index contributed by atoms with van der Waals surface area (Å²) in [7, 11) is 1.98. The van der Waals surface area contributed by atoms with Gasteiger partial charge in [-0.1, -0.05) is 23.7 Å². The minimum absolute atomic E-state index is 0.415. The third-order valence-corrected chi connectivity index (χ3v) is 3.50. The molecule has 0 spiro atoms. The van der Waals surface area contributed by atoms with Crippen LogP contribution in [0.5, 0.6) is 0 Å². The zero-order chi connectivity index (χ0) is 13.7. The summed E-state index contributed by atoms with van der Waals surface area (Å²) in [5.74, 6) is 0.415. The Hall–Kier alpha value is -1.32. The molecule has 3 nitrogen and oxygen atoms in total. The van der Waals surface area contributed by atoms with Crippen molar-refractivity contribution >= 4 is 11.6 Å². The topological polar surface area (TPSA) is 29.9 Å². The van der Waals surface area contributed by atoms with E-state index >= 15 is 0 Å². The first-order chi connectivity index (χ1) is 9.22. The second kappa shape index (κ2) is 6.73. The smallest absolute Gasteiger partial charge is 0.0521 e. The van der Waals surface area contributed by atoms with E-state index in [-0.39, 0.29) is 0 Å². The van der Waals surface area contributed by atoms with Crippen LogP contribution in [0.2, 0.25) is 5.02 Å². The Kier molecular flexibility index (Phi) is 5.00. The van der Waals surface area contributed by atoms with Gasteiger partial charge >= 0.3 is 0 Å². The van der Waals surface area contributed by atoms with Crippen molar-refractivity contribution in [3.63, 3.8) is 0 Å². The first kappa shape index (κ1) is 14.1. The second-order valence-electron chi connectivity index (χ2n) is 4.72. The molecule has 1 atom stereocenters. The molecule has 1 unspecified atom stereocenters. The van der Waals surface area contributed by atoms with Crippen molar-refractivity contribution in [2.75, 3.05) is 13.6 Å². The molecule has 1 N–H and O–H groups in total. The lowest BCUT2D eigenvalue weighted by Crippen LogP contribution is -2.19. The largest absolute Gasteiger partial charge is 0.319 e. The van der Waals surface area contributed by atoms with Crippen molar-refractivity contribution in [3.8, 4) is 0 Å². The highest BCUT2D eigenvalue weighted by molar-refractivity contribution is 6.30. The molecule has 1 aromatic heterocycles. The van der Waals surface area contributed by atoms with Crippen molar-refractivity contribution in [3.05, 3.63) is 52.8 Å². The van der Waals surface area contributed by atoms with Gasteiger partial charge in [0.1, 0.15) is 0 Å². The zero-order valence-electron chi connectivity index (χ0n) is 11.4. The van der Waals surface area contributed by atoms with E-state index in [4.69, 9.17) is 11.6 Å². The third kappa shape index (κ3) is 3.82. The maximum absolute atomic E-state index is 6.08. The van der Waals surface area contributed by atoms with Gasteiger partial charge in [-0.15, -0.1) is 0 Å². The molecule has 1 aromatic carbocycles. The molecule has 0 aliphatic rings.